The maximum Gasteiger partial charge on any atom is 0.238 e. The Morgan fingerprint density at radius 1 is 0.958 bits per heavy atom. The van der Waals surface area contributed by atoms with Crippen LogP contribution in [0.4, 0.5) is 5.69 Å². The van der Waals surface area contributed by atoms with Gasteiger partial charge in [-0.3, -0.25) is 19.4 Å². The van der Waals surface area contributed by atoms with Crippen molar-refractivity contribution in [3.8, 4) is 0 Å². The van der Waals surface area contributed by atoms with Crippen molar-refractivity contribution in [2.24, 2.45) is 0 Å². The molecule has 2 fully saturated rings. The van der Waals surface area contributed by atoms with E-state index in [4.69, 9.17) is 11.6 Å². The first kappa shape index (κ1) is 17.2. The fourth-order valence-corrected chi connectivity index (χ4v) is 2.87. The van der Waals surface area contributed by atoms with Gasteiger partial charge in [0.15, 0.2) is 0 Å². The molecule has 0 radical (unpaired) electrons. The van der Waals surface area contributed by atoms with Crippen molar-refractivity contribution in [2.75, 3.05) is 44.6 Å². The van der Waals surface area contributed by atoms with Gasteiger partial charge in [0.1, 0.15) is 0 Å². The number of nitrogens with one attached hydrogen (secondary N) is 2. The number of piperazine rings is 1. The molecular weight excluding hydrogens is 328 g/mol. The Kier molecular flexibility index (Phi) is 5.71. The molecule has 2 amide bonds. The minimum absolute atomic E-state index is 0.0303. The molecule has 1 aromatic rings. The number of carbonyl (C=O) groups excluding carboxylic acids is 2. The van der Waals surface area contributed by atoms with Crippen LogP contribution in [0, 0.1) is 0 Å². The summed E-state index contributed by atoms with van der Waals surface area (Å²) in [5.41, 5.74) is 0.750. The Morgan fingerprint density at radius 3 is 2.04 bits per heavy atom. The number of benzene rings is 1. The van der Waals surface area contributed by atoms with Gasteiger partial charge in [-0.25, -0.2) is 0 Å². The molecule has 3 rings (SSSR count). The van der Waals surface area contributed by atoms with E-state index in [2.05, 4.69) is 20.4 Å². The summed E-state index contributed by atoms with van der Waals surface area (Å²) >= 11 is 5.83. The zero-order chi connectivity index (χ0) is 16.9. The first-order chi connectivity index (χ1) is 11.6. The number of hydrogen-bond acceptors (Lipinski definition) is 4. The van der Waals surface area contributed by atoms with Gasteiger partial charge in [-0.2, -0.15) is 0 Å². The van der Waals surface area contributed by atoms with E-state index in [-0.39, 0.29) is 11.8 Å². The van der Waals surface area contributed by atoms with E-state index in [9.17, 15) is 9.59 Å². The summed E-state index contributed by atoms with van der Waals surface area (Å²) in [6.07, 6.45) is 2.23. The normalized spacial score (nSPS) is 19.0. The van der Waals surface area contributed by atoms with Gasteiger partial charge in [0.2, 0.25) is 11.8 Å². The number of amides is 2. The molecule has 130 valence electrons. The van der Waals surface area contributed by atoms with Gasteiger partial charge in [-0.15, -0.1) is 0 Å². The third-order valence-electron chi connectivity index (χ3n) is 4.27. The predicted octanol–water partition coefficient (Wildman–Crippen LogP) is 1.17. The second kappa shape index (κ2) is 7.96. The molecule has 1 aliphatic heterocycles. The standard InChI is InChI=1S/C17H23ClN4O2/c18-13-1-3-14(4-2-13)19-16(23)11-21-7-9-22(10-8-21)12-17(24)20-15-5-6-15/h1-4,15H,5-12H2,(H,19,23)(H,20,24). The molecule has 0 bridgehead atoms. The average molecular weight is 351 g/mol. The zero-order valence-corrected chi connectivity index (χ0v) is 14.4. The second-order valence-corrected chi connectivity index (χ2v) is 6.89. The lowest BCUT2D eigenvalue weighted by Gasteiger charge is -2.33. The molecular formula is C17H23ClN4O2. The van der Waals surface area contributed by atoms with Gasteiger partial charge in [0.05, 0.1) is 13.1 Å². The molecule has 0 atom stereocenters. The second-order valence-electron chi connectivity index (χ2n) is 6.45. The Balaban J connectivity index is 1.36. The number of rotatable bonds is 6. The number of nitrogens with zero attached hydrogens (tertiary/aromatic N) is 2. The highest BCUT2D eigenvalue weighted by Crippen LogP contribution is 2.18. The van der Waals surface area contributed by atoms with E-state index in [0.717, 1.165) is 44.7 Å². The summed E-state index contributed by atoms with van der Waals surface area (Å²) in [6, 6.07) is 7.49. The fourth-order valence-electron chi connectivity index (χ4n) is 2.75. The largest absolute Gasteiger partial charge is 0.352 e. The van der Waals surface area contributed by atoms with Gasteiger partial charge in [0, 0.05) is 42.9 Å². The van der Waals surface area contributed by atoms with Gasteiger partial charge >= 0.3 is 0 Å². The summed E-state index contributed by atoms with van der Waals surface area (Å²) < 4.78 is 0. The van der Waals surface area contributed by atoms with Crippen LogP contribution < -0.4 is 10.6 Å². The highest BCUT2D eigenvalue weighted by Gasteiger charge is 2.25. The maximum absolute atomic E-state index is 12.1. The zero-order valence-electron chi connectivity index (χ0n) is 13.6. The maximum atomic E-state index is 12.1. The Hall–Kier alpha value is -1.63. The van der Waals surface area contributed by atoms with Crippen molar-refractivity contribution in [3.05, 3.63) is 29.3 Å². The van der Waals surface area contributed by atoms with Crippen LogP contribution >= 0.6 is 11.6 Å². The topological polar surface area (TPSA) is 64.7 Å². The van der Waals surface area contributed by atoms with Gasteiger partial charge in [-0.05, 0) is 37.1 Å². The molecule has 1 aliphatic carbocycles. The van der Waals surface area contributed by atoms with Crippen LogP contribution in [0.15, 0.2) is 24.3 Å². The third-order valence-corrected chi connectivity index (χ3v) is 4.52. The Morgan fingerprint density at radius 2 is 1.50 bits per heavy atom. The summed E-state index contributed by atoms with van der Waals surface area (Å²) in [5.74, 6) is 0.0867. The summed E-state index contributed by atoms with van der Waals surface area (Å²) in [7, 11) is 0. The Bertz CT molecular complexity index is 581. The minimum atomic E-state index is -0.0303. The van der Waals surface area contributed by atoms with E-state index in [1.807, 2.05) is 0 Å². The average Bonchev–Trinajstić information content (AvgIpc) is 3.35. The van der Waals surface area contributed by atoms with Crippen molar-refractivity contribution in [1.29, 1.82) is 0 Å². The number of halogens is 1. The van der Waals surface area contributed by atoms with Crippen molar-refractivity contribution < 1.29 is 9.59 Å². The molecule has 2 aliphatic rings. The predicted molar refractivity (Wildman–Crippen MR) is 94.1 cm³/mol. The molecule has 2 N–H and O–H groups in total. The number of anilines is 1. The molecule has 24 heavy (non-hydrogen) atoms. The highest BCUT2D eigenvalue weighted by atomic mass is 35.5. The lowest BCUT2D eigenvalue weighted by atomic mass is 10.3. The third kappa shape index (κ3) is 5.47. The minimum Gasteiger partial charge on any atom is -0.352 e. The van der Waals surface area contributed by atoms with Crippen LogP contribution in [-0.2, 0) is 9.59 Å². The van der Waals surface area contributed by atoms with E-state index in [1.54, 1.807) is 24.3 Å². The molecule has 7 heteroatoms. The number of carbonyl (C=O) groups is 2. The quantitative estimate of drug-likeness (QED) is 0.808. The van der Waals surface area contributed by atoms with Crippen LogP contribution in [0.5, 0.6) is 0 Å². The van der Waals surface area contributed by atoms with Crippen LogP contribution in [0.2, 0.25) is 5.02 Å². The highest BCUT2D eigenvalue weighted by molar-refractivity contribution is 6.30. The molecule has 6 nitrogen and oxygen atoms in total. The van der Waals surface area contributed by atoms with E-state index < -0.39 is 0 Å². The number of hydrogen-bond donors (Lipinski definition) is 2. The summed E-state index contributed by atoms with van der Waals surface area (Å²) in [4.78, 5) is 28.2. The van der Waals surface area contributed by atoms with Crippen molar-refractivity contribution >= 4 is 29.1 Å². The monoisotopic (exact) mass is 350 g/mol. The molecule has 1 saturated heterocycles. The van der Waals surface area contributed by atoms with Gasteiger partial charge in [-0.1, -0.05) is 11.6 Å². The van der Waals surface area contributed by atoms with E-state index in [0.29, 0.717) is 24.2 Å². The first-order valence-corrected chi connectivity index (χ1v) is 8.76. The van der Waals surface area contributed by atoms with Crippen LogP contribution in [-0.4, -0.2) is 66.9 Å². The Labute approximate surface area is 147 Å². The van der Waals surface area contributed by atoms with Crippen molar-refractivity contribution in [2.45, 2.75) is 18.9 Å². The SMILES string of the molecule is O=C(CN1CCN(CC(=O)NC2CC2)CC1)Nc1ccc(Cl)cc1. The van der Waals surface area contributed by atoms with Crippen molar-refractivity contribution in [1.82, 2.24) is 15.1 Å². The lowest BCUT2D eigenvalue weighted by molar-refractivity contribution is -0.123. The van der Waals surface area contributed by atoms with Crippen LogP contribution in [0.3, 0.4) is 0 Å². The molecule has 1 heterocycles. The lowest BCUT2D eigenvalue weighted by Crippen LogP contribution is -2.51. The van der Waals surface area contributed by atoms with Crippen LogP contribution in [0.25, 0.3) is 0 Å². The first-order valence-electron chi connectivity index (χ1n) is 8.38. The molecule has 1 saturated carbocycles. The fraction of sp³-hybridized carbons (Fsp3) is 0.529. The van der Waals surface area contributed by atoms with Gasteiger partial charge < -0.3 is 10.6 Å². The van der Waals surface area contributed by atoms with E-state index >= 15 is 0 Å². The molecule has 0 unspecified atom stereocenters. The van der Waals surface area contributed by atoms with Gasteiger partial charge in [0.25, 0.3) is 0 Å². The molecule has 1 aromatic carbocycles. The van der Waals surface area contributed by atoms with Crippen LogP contribution in [0.1, 0.15) is 12.8 Å². The molecule has 0 aromatic heterocycles. The van der Waals surface area contributed by atoms with Crippen molar-refractivity contribution in [3.63, 3.8) is 0 Å². The molecule has 0 spiro atoms. The van der Waals surface area contributed by atoms with E-state index in [1.165, 1.54) is 0 Å². The smallest absolute Gasteiger partial charge is 0.238 e. The summed E-state index contributed by atoms with van der Waals surface area (Å²) in [6.45, 7) is 4.04. The summed E-state index contributed by atoms with van der Waals surface area (Å²) in [5, 5.41) is 6.53.